The van der Waals surface area contributed by atoms with Gasteiger partial charge in [0.25, 0.3) is 0 Å². The zero-order valence-electron chi connectivity index (χ0n) is 15.7. The maximum Gasteiger partial charge on any atom is 0.172 e. The Hall–Kier alpha value is 0.560. The van der Waals surface area contributed by atoms with E-state index >= 15 is 0 Å². The van der Waals surface area contributed by atoms with Crippen LogP contribution in [-0.4, -0.2) is 60.0 Å². The predicted octanol–water partition coefficient (Wildman–Crippen LogP) is 4.09. The zero-order chi connectivity index (χ0) is 18.8. The summed E-state index contributed by atoms with van der Waals surface area (Å²) >= 11 is 8.76. The van der Waals surface area contributed by atoms with Crippen LogP contribution in [0.15, 0.2) is 10.2 Å². The molecule has 0 aromatic rings. The molecule has 10 atom stereocenters. The number of hydrogen-bond acceptors (Lipinski definition) is 5. The van der Waals surface area contributed by atoms with Crippen LogP contribution >= 0.6 is 34.2 Å². The monoisotopic (exact) mass is 510 g/mol. The number of ether oxygens (including phenoxy) is 5. The summed E-state index contributed by atoms with van der Waals surface area (Å²) in [6.45, 7) is 6.14. The van der Waals surface area contributed by atoms with Gasteiger partial charge in [0.05, 0.1) is 18.3 Å². The fourth-order valence-corrected chi connectivity index (χ4v) is 6.58. The van der Waals surface area contributed by atoms with Crippen LogP contribution < -0.4 is 0 Å². The topological polar surface area (TPSA) is 46.2 Å². The third-order valence-electron chi connectivity index (χ3n) is 6.77. The summed E-state index contributed by atoms with van der Waals surface area (Å²) in [5.41, 5.74) is 0. The second kappa shape index (κ2) is 7.36. The Labute approximate surface area is 179 Å². The first-order valence-electron chi connectivity index (χ1n) is 10.3. The van der Waals surface area contributed by atoms with E-state index in [1.165, 1.54) is 0 Å². The summed E-state index contributed by atoms with van der Waals surface area (Å²) in [5, 5.41) is 0.0490. The molecule has 6 aliphatic rings. The van der Waals surface area contributed by atoms with Crippen molar-refractivity contribution in [2.24, 2.45) is 0 Å². The van der Waals surface area contributed by atoms with Crippen LogP contribution in [0, 0.1) is 0 Å². The van der Waals surface area contributed by atoms with Gasteiger partial charge in [0, 0.05) is 18.2 Å². The van der Waals surface area contributed by atoms with Crippen LogP contribution in [0.4, 0.5) is 0 Å². The van der Waals surface area contributed by atoms with Gasteiger partial charge in [-0.05, 0) is 58.3 Å². The van der Waals surface area contributed by atoms with E-state index in [1.807, 2.05) is 0 Å². The molecule has 6 saturated heterocycles. The highest BCUT2D eigenvalue weighted by Gasteiger charge is 2.68. The molecule has 6 heterocycles. The Bertz CT molecular complexity index is 605. The van der Waals surface area contributed by atoms with Crippen LogP contribution in [0.25, 0.3) is 0 Å². The first-order valence-corrected chi connectivity index (χ1v) is 11.8. The second-order valence-corrected chi connectivity index (χ2v) is 10.8. The van der Waals surface area contributed by atoms with Crippen LogP contribution in [0.3, 0.4) is 0 Å². The molecule has 0 spiro atoms. The average molecular weight is 511 g/mol. The van der Waals surface area contributed by atoms with Crippen molar-refractivity contribution in [1.29, 1.82) is 0 Å². The Morgan fingerprint density at radius 3 is 2.59 bits per heavy atom. The molecule has 6 bridgehead atoms. The Morgan fingerprint density at radius 2 is 1.81 bits per heavy atom. The molecule has 0 aliphatic carbocycles. The smallest absolute Gasteiger partial charge is 0.172 e. The molecule has 27 heavy (non-hydrogen) atoms. The Morgan fingerprint density at radius 1 is 1.07 bits per heavy atom. The maximum absolute atomic E-state index is 6.70. The van der Waals surface area contributed by atoms with Gasteiger partial charge in [-0.3, -0.25) is 0 Å². The third-order valence-corrected chi connectivity index (χ3v) is 7.58. The van der Waals surface area contributed by atoms with E-state index in [2.05, 4.69) is 36.1 Å². The molecule has 7 heteroatoms. The minimum Gasteiger partial charge on any atom is -0.369 e. The van der Waals surface area contributed by atoms with E-state index in [9.17, 15) is 0 Å². The summed E-state index contributed by atoms with van der Waals surface area (Å²) in [6, 6.07) is 0. The fraction of sp³-hybridized carbons (Fsp3) is 0.900. The lowest BCUT2D eigenvalue weighted by Gasteiger charge is -2.47. The van der Waals surface area contributed by atoms with Gasteiger partial charge < -0.3 is 23.7 Å². The molecule has 6 rings (SSSR count). The fourth-order valence-electron chi connectivity index (χ4n) is 5.50. The Kier molecular flexibility index (Phi) is 5.32. The highest BCUT2D eigenvalue weighted by atomic mass is 127. The summed E-state index contributed by atoms with van der Waals surface area (Å²) in [5.74, 6) is -0.621. The van der Waals surface area contributed by atoms with E-state index < -0.39 is 5.79 Å². The molecule has 0 aromatic carbocycles. The first kappa shape index (κ1) is 19.5. The van der Waals surface area contributed by atoms with Crippen LogP contribution in [0.2, 0.25) is 0 Å². The summed E-state index contributed by atoms with van der Waals surface area (Å²) in [7, 11) is 0. The number of halogens is 2. The normalized spacial score (nSPS) is 51.1. The molecule has 6 fully saturated rings. The molecule has 0 N–H and O–H groups in total. The third kappa shape index (κ3) is 3.41. The highest BCUT2D eigenvalue weighted by Crippen LogP contribution is 2.54. The highest BCUT2D eigenvalue weighted by molar-refractivity contribution is 14.1. The number of rotatable bonds is 6. The Balaban J connectivity index is 1.36. The van der Waals surface area contributed by atoms with Gasteiger partial charge in [0.15, 0.2) is 5.79 Å². The molecule has 152 valence electrons. The van der Waals surface area contributed by atoms with Gasteiger partial charge >= 0.3 is 0 Å². The van der Waals surface area contributed by atoms with Crippen LogP contribution in [0.5, 0.6) is 0 Å². The molecule has 0 aromatic heterocycles. The van der Waals surface area contributed by atoms with Crippen molar-refractivity contribution in [2.45, 2.75) is 112 Å². The predicted molar refractivity (Wildman–Crippen MR) is 109 cm³/mol. The van der Waals surface area contributed by atoms with Crippen molar-refractivity contribution in [3.05, 3.63) is 10.2 Å². The quantitative estimate of drug-likeness (QED) is 0.398. The minimum atomic E-state index is -0.621. The van der Waals surface area contributed by atoms with E-state index in [0.29, 0.717) is 0 Å². The lowest BCUT2D eigenvalue weighted by Crippen LogP contribution is -2.61. The maximum atomic E-state index is 6.70. The van der Waals surface area contributed by atoms with Gasteiger partial charge in [-0.25, -0.2) is 0 Å². The van der Waals surface area contributed by atoms with Crippen molar-refractivity contribution in [1.82, 2.24) is 0 Å². The molecule has 10 unspecified atom stereocenters. The standard InChI is InChI=1S/C20H28ClIO5/c1-3-12-4-5-13-15(23-12)19-18-17(24-13)16-14(25-18)9-20(26-16,27-19)7-6-11(21)8-10(2)22/h11-19H,2-9H2,1H3. The van der Waals surface area contributed by atoms with E-state index in [4.69, 9.17) is 35.3 Å². The van der Waals surface area contributed by atoms with Gasteiger partial charge in [-0.15, -0.1) is 11.6 Å². The number of hydrogen-bond donors (Lipinski definition) is 0. The molecule has 6 aliphatic heterocycles. The van der Waals surface area contributed by atoms with E-state index in [0.717, 1.165) is 48.5 Å². The molecule has 0 saturated carbocycles. The average Bonchev–Trinajstić information content (AvgIpc) is 3.04. The number of fused-ring (bicyclic) bond motifs is 1. The van der Waals surface area contributed by atoms with Crippen molar-refractivity contribution in [3.63, 3.8) is 0 Å². The zero-order valence-corrected chi connectivity index (χ0v) is 18.6. The molecular formula is C20H28ClIO5. The second-order valence-electron chi connectivity index (χ2n) is 8.62. The number of allylic oxidation sites excluding steroid dienone is 1. The van der Waals surface area contributed by atoms with Gasteiger partial charge in [0.1, 0.15) is 30.5 Å². The van der Waals surface area contributed by atoms with E-state index in [1.54, 1.807) is 0 Å². The molecule has 0 amide bonds. The van der Waals surface area contributed by atoms with Crippen molar-refractivity contribution >= 4 is 34.2 Å². The van der Waals surface area contributed by atoms with E-state index in [-0.39, 0.29) is 54.2 Å². The SMILES string of the molecule is C=C(I)CC(Cl)CCC12CC3OC4C(OC5CCC(CC)OC5C4O1)C3O2. The largest absolute Gasteiger partial charge is 0.369 e. The van der Waals surface area contributed by atoms with Gasteiger partial charge in [-0.2, -0.15) is 0 Å². The van der Waals surface area contributed by atoms with Crippen molar-refractivity contribution in [3.8, 4) is 0 Å². The minimum absolute atomic E-state index is 0.0295. The summed E-state index contributed by atoms with van der Waals surface area (Å²) in [4.78, 5) is 0. The summed E-state index contributed by atoms with van der Waals surface area (Å²) in [6.07, 6.45) is 6.37. The first-order chi connectivity index (χ1) is 13.0. The van der Waals surface area contributed by atoms with Crippen LogP contribution in [0.1, 0.15) is 51.9 Å². The summed E-state index contributed by atoms with van der Waals surface area (Å²) < 4.78 is 33.5. The number of alkyl halides is 1. The molecule has 0 radical (unpaired) electrons. The van der Waals surface area contributed by atoms with Crippen molar-refractivity contribution < 1.29 is 23.7 Å². The lowest BCUT2D eigenvalue weighted by atomic mass is 9.87. The molecular weight excluding hydrogens is 483 g/mol. The van der Waals surface area contributed by atoms with Crippen LogP contribution in [-0.2, 0) is 23.7 Å². The lowest BCUT2D eigenvalue weighted by molar-refractivity contribution is -0.292. The van der Waals surface area contributed by atoms with Gasteiger partial charge in [0.2, 0.25) is 0 Å². The van der Waals surface area contributed by atoms with Gasteiger partial charge in [-0.1, -0.05) is 13.5 Å². The van der Waals surface area contributed by atoms with Crippen molar-refractivity contribution in [2.75, 3.05) is 0 Å². The molecule has 5 nitrogen and oxygen atoms in total.